The zero-order valence-corrected chi connectivity index (χ0v) is 21.2. The van der Waals surface area contributed by atoms with Crippen molar-refractivity contribution in [3.05, 3.63) is 21.7 Å². The number of rotatable bonds is 9. The van der Waals surface area contributed by atoms with E-state index < -0.39 is 41.8 Å². The number of aliphatic carboxylic acids is 2. The quantitative estimate of drug-likeness (QED) is 0.360. The number of β-lactam (4-membered cyclic amide) rings is 1. The molecule has 11 nitrogen and oxygen atoms in total. The first kappa shape index (κ1) is 25.5. The fourth-order valence-electron chi connectivity index (χ4n) is 4.74. The number of hydrogen-bond donors (Lipinski definition) is 2. The van der Waals surface area contributed by atoms with E-state index in [9.17, 15) is 34.5 Å². The van der Waals surface area contributed by atoms with Crippen molar-refractivity contribution < 1.29 is 34.5 Å². The first-order valence-electron chi connectivity index (χ1n) is 11.3. The molecule has 0 aromatic carbocycles. The number of nitrogens with zero attached hydrogens (tertiary/aromatic N) is 3. The molecule has 4 heterocycles. The molecule has 13 heteroatoms. The van der Waals surface area contributed by atoms with Crippen LogP contribution in [0, 0.1) is 17.8 Å². The molecule has 2 amide bonds. The second kappa shape index (κ2) is 9.43. The van der Waals surface area contributed by atoms with Crippen LogP contribution in [-0.2, 0) is 14.4 Å². The van der Waals surface area contributed by atoms with Gasteiger partial charge in [-0.15, -0.1) is 23.1 Å². The number of aliphatic hydroxyl groups excluding tert-OH is 1. The summed E-state index contributed by atoms with van der Waals surface area (Å²) < 4.78 is 0. The molecule has 2 fully saturated rings. The van der Waals surface area contributed by atoms with Gasteiger partial charge in [-0.05, 0) is 12.8 Å². The summed E-state index contributed by atoms with van der Waals surface area (Å²) in [7, 11) is 0. The number of aromatic nitrogens is 1. The van der Waals surface area contributed by atoms with Crippen molar-refractivity contribution in [3.63, 3.8) is 0 Å². The maximum Gasteiger partial charge on any atom is 0.271 e. The van der Waals surface area contributed by atoms with E-state index in [2.05, 4.69) is 10.3 Å². The predicted octanol–water partition coefficient (Wildman–Crippen LogP) is -1.61. The minimum absolute atomic E-state index is 0.0465. The standard InChI is InChI=1S/C22H28N4O7S2/c1-8(2)14(20(30)31)24-18(28)12-7-34-22(23-12)25-5-11(6-25)35-17-9(3)15-13(10(4)27)19(29)26(15)16(17)21(32)33/h7-11,13-15,27H,5-6H2,1-4H3,(H,24,28)(H,30,31)(H,32,33)/p-2/t9-,10-,13-,14+,15-/m1/s1. The molecule has 3 aliphatic rings. The summed E-state index contributed by atoms with van der Waals surface area (Å²) in [4.78, 5) is 56.0. The monoisotopic (exact) mass is 522 g/mol. The van der Waals surface area contributed by atoms with Crippen molar-refractivity contribution in [1.29, 1.82) is 0 Å². The van der Waals surface area contributed by atoms with Gasteiger partial charge in [0.2, 0.25) is 5.91 Å². The van der Waals surface area contributed by atoms with Gasteiger partial charge < -0.3 is 40.0 Å². The smallest absolute Gasteiger partial charge is 0.271 e. The van der Waals surface area contributed by atoms with Crippen LogP contribution in [0.1, 0.15) is 38.2 Å². The van der Waals surface area contributed by atoms with Gasteiger partial charge in [-0.2, -0.15) is 0 Å². The molecule has 190 valence electrons. The Kier molecular flexibility index (Phi) is 6.86. The predicted molar refractivity (Wildman–Crippen MR) is 124 cm³/mol. The van der Waals surface area contributed by atoms with Crippen LogP contribution in [-0.4, -0.2) is 75.3 Å². The number of carboxylic acids is 2. The number of carbonyl (C=O) groups is 4. The first-order chi connectivity index (χ1) is 16.4. The second-order valence-electron chi connectivity index (χ2n) is 9.43. The fourth-order valence-corrected chi connectivity index (χ4v) is 7.09. The van der Waals surface area contributed by atoms with E-state index in [4.69, 9.17) is 0 Å². The molecule has 4 rings (SSSR count). The van der Waals surface area contributed by atoms with Gasteiger partial charge >= 0.3 is 0 Å². The summed E-state index contributed by atoms with van der Waals surface area (Å²) in [5.41, 5.74) is 0.0140. The number of carbonyl (C=O) groups excluding carboxylic acids is 4. The topological polar surface area (TPSA) is 166 Å². The number of carboxylic acid groups (broad SMARTS) is 2. The zero-order chi connectivity index (χ0) is 25.8. The molecule has 0 saturated carbocycles. The number of hydrogen-bond acceptors (Lipinski definition) is 11. The molecule has 0 unspecified atom stereocenters. The highest BCUT2D eigenvalue weighted by Crippen LogP contribution is 2.52. The van der Waals surface area contributed by atoms with E-state index in [1.807, 2.05) is 11.8 Å². The molecule has 35 heavy (non-hydrogen) atoms. The molecule has 1 aromatic rings. The van der Waals surface area contributed by atoms with Gasteiger partial charge in [0.1, 0.15) is 5.69 Å². The Morgan fingerprint density at radius 2 is 1.91 bits per heavy atom. The zero-order valence-electron chi connectivity index (χ0n) is 19.6. The van der Waals surface area contributed by atoms with E-state index >= 15 is 0 Å². The third-order valence-corrected chi connectivity index (χ3v) is 9.00. The maximum atomic E-state index is 12.4. The van der Waals surface area contributed by atoms with Gasteiger partial charge in [0, 0.05) is 34.5 Å². The van der Waals surface area contributed by atoms with Gasteiger partial charge in [0.25, 0.3) is 5.91 Å². The second-order valence-corrected chi connectivity index (χ2v) is 11.6. The van der Waals surface area contributed by atoms with E-state index in [1.54, 1.807) is 19.2 Å². The number of nitrogens with one attached hydrogen (secondary N) is 1. The molecule has 0 aliphatic carbocycles. The lowest BCUT2D eigenvalue weighted by Gasteiger charge is -2.47. The van der Waals surface area contributed by atoms with Gasteiger partial charge in [-0.1, -0.05) is 20.8 Å². The van der Waals surface area contributed by atoms with Crippen LogP contribution in [0.2, 0.25) is 0 Å². The SMILES string of the molecule is CC(C)[C@H](NC(=O)c1csc(N2CC(SC3=C(C(=O)[O-])N4C(=O)[C@H]([C@@H](C)O)[C@H]4[C@H]3C)C2)n1)C(=O)[O-]. The Hall–Kier alpha value is -2.64. The van der Waals surface area contributed by atoms with Gasteiger partial charge in [-0.25, -0.2) is 4.98 Å². The summed E-state index contributed by atoms with van der Waals surface area (Å²) in [5.74, 6) is -4.94. The number of aliphatic hydroxyl groups is 1. The Bertz CT molecular complexity index is 1100. The van der Waals surface area contributed by atoms with Crippen LogP contribution in [0.25, 0.3) is 0 Å². The lowest BCUT2D eigenvalue weighted by molar-refractivity contribution is -0.309. The summed E-state index contributed by atoms with van der Waals surface area (Å²) in [5, 5.41) is 37.6. The van der Waals surface area contributed by atoms with E-state index in [0.717, 1.165) is 0 Å². The van der Waals surface area contributed by atoms with Crippen LogP contribution in [0.4, 0.5) is 5.13 Å². The van der Waals surface area contributed by atoms with Crippen molar-refractivity contribution in [3.8, 4) is 0 Å². The lowest BCUT2D eigenvalue weighted by atomic mass is 9.79. The third-order valence-electron chi connectivity index (χ3n) is 6.65. The number of thiazole rings is 1. The highest BCUT2D eigenvalue weighted by Gasteiger charge is 2.59. The van der Waals surface area contributed by atoms with Crippen LogP contribution >= 0.6 is 23.1 Å². The molecular weight excluding hydrogens is 496 g/mol. The highest BCUT2D eigenvalue weighted by molar-refractivity contribution is 8.03. The largest absolute Gasteiger partial charge is 0.548 e. The fraction of sp³-hybridized carbons (Fsp3) is 0.591. The number of thioether (sulfide) groups is 1. The average molecular weight is 523 g/mol. The summed E-state index contributed by atoms with van der Waals surface area (Å²) in [6, 6.07) is -1.51. The van der Waals surface area contributed by atoms with E-state index in [0.29, 0.717) is 23.1 Å². The maximum absolute atomic E-state index is 12.4. The van der Waals surface area contributed by atoms with Gasteiger partial charge in [0.05, 0.1) is 41.7 Å². The average Bonchev–Trinajstić information content (AvgIpc) is 3.29. The molecule has 5 atom stereocenters. The number of anilines is 1. The number of amides is 2. The van der Waals surface area contributed by atoms with Gasteiger partial charge in [-0.3, -0.25) is 9.59 Å². The molecular formula is C22H26N4O7S2-2. The Labute approximate surface area is 210 Å². The van der Waals surface area contributed by atoms with Crippen molar-refractivity contribution in [1.82, 2.24) is 15.2 Å². The van der Waals surface area contributed by atoms with Crippen molar-refractivity contribution in [2.24, 2.45) is 17.8 Å². The summed E-state index contributed by atoms with van der Waals surface area (Å²) in [6.45, 7) is 7.84. The minimum Gasteiger partial charge on any atom is -0.548 e. The van der Waals surface area contributed by atoms with Crippen molar-refractivity contribution >= 4 is 52.0 Å². The molecule has 1 aromatic heterocycles. The van der Waals surface area contributed by atoms with Gasteiger partial charge in [0.15, 0.2) is 5.13 Å². The molecule has 0 radical (unpaired) electrons. The lowest BCUT2D eigenvalue weighted by Crippen LogP contribution is -2.64. The normalized spacial score (nSPS) is 25.8. The Balaban J connectivity index is 1.39. The van der Waals surface area contributed by atoms with Crippen LogP contribution in [0.5, 0.6) is 0 Å². The first-order valence-corrected chi connectivity index (χ1v) is 13.0. The van der Waals surface area contributed by atoms with Crippen molar-refractivity contribution in [2.45, 2.75) is 51.1 Å². The van der Waals surface area contributed by atoms with Crippen LogP contribution < -0.4 is 20.4 Å². The highest BCUT2D eigenvalue weighted by atomic mass is 32.2. The molecule has 0 bridgehead atoms. The summed E-state index contributed by atoms with van der Waals surface area (Å²) >= 11 is 2.65. The minimum atomic E-state index is -1.40. The van der Waals surface area contributed by atoms with Crippen molar-refractivity contribution in [2.75, 3.05) is 18.0 Å². The molecule has 2 saturated heterocycles. The van der Waals surface area contributed by atoms with E-state index in [-0.39, 0.29) is 34.5 Å². The Morgan fingerprint density at radius 3 is 2.46 bits per heavy atom. The molecule has 2 N–H and O–H groups in total. The molecule has 3 aliphatic heterocycles. The van der Waals surface area contributed by atoms with Crippen LogP contribution in [0.15, 0.2) is 16.0 Å². The number of fused-ring (bicyclic) bond motifs is 1. The Morgan fingerprint density at radius 1 is 1.26 bits per heavy atom. The van der Waals surface area contributed by atoms with Crippen LogP contribution in [0.3, 0.4) is 0 Å². The summed E-state index contributed by atoms with van der Waals surface area (Å²) in [6.07, 6.45) is -0.864. The van der Waals surface area contributed by atoms with E-state index in [1.165, 1.54) is 34.9 Å². The third kappa shape index (κ3) is 4.40. The molecule has 0 spiro atoms.